The summed E-state index contributed by atoms with van der Waals surface area (Å²) in [6.07, 6.45) is -0.285. The Morgan fingerprint density at radius 3 is 2.44 bits per heavy atom. The summed E-state index contributed by atoms with van der Waals surface area (Å²) in [5, 5.41) is 9.62. The lowest BCUT2D eigenvalue weighted by molar-refractivity contribution is -0.147. The Hall–Kier alpha value is -0.393. The summed E-state index contributed by atoms with van der Waals surface area (Å²) in [5.74, 6) is -0.688. The largest absolute Gasteiger partial charge is 0.460 e. The minimum absolute atomic E-state index is 0.152. The van der Waals surface area contributed by atoms with E-state index in [-0.39, 0.29) is 17.1 Å². The van der Waals surface area contributed by atoms with Crippen LogP contribution in [-0.2, 0) is 14.0 Å². The van der Waals surface area contributed by atoms with Crippen molar-refractivity contribution in [3.05, 3.63) is 0 Å². The number of hydrogen-bond acceptors (Lipinski definition) is 4. The molecule has 0 amide bonds. The smallest absolute Gasteiger partial charge is 0.312 e. The van der Waals surface area contributed by atoms with E-state index < -0.39 is 20.3 Å². The molecule has 5 heteroatoms. The molecule has 1 saturated heterocycles. The Morgan fingerprint density at radius 1 is 1.50 bits per heavy atom. The number of carbonyl (C=O) groups is 1. The van der Waals surface area contributed by atoms with Gasteiger partial charge < -0.3 is 14.3 Å². The van der Waals surface area contributed by atoms with Crippen molar-refractivity contribution in [3.8, 4) is 0 Å². The summed E-state index contributed by atoms with van der Waals surface area (Å²) in [7, 11) is -1.80. The zero-order valence-electron chi connectivity index (χ0n) is 12.3. The van der Waals surface area contributed by atoms with E-state index in [4.69, 9.17) is 9.16 Å². The van der Waals surface area contributed by atoms with Crippen LogP contribution in [-0.4, -0.2) is 38.2 Å². The van der Waals surface area contributed by atoms with Crippen molar-refractivity contribution in [3.63, 3.8) is 0 Å². The lowest BCUT2D eigenvalue weighted by Gasteiger charge is -2.36. The maximum atomic E-state index is 11.5. The molecule has 0 bridgehead atoms. The highest BCUT2D eigenvalue weighted by atomic mass is 28.4. The van der Waals surface area contributed by atoms with Gasteiger partial charge in [-0.2, -0.15) is 0 Å². The minimum atomic E-state index is -1.80. The molecule has 18 heavy (non-hydrogen) atoms. The molecule has 3 atom stereocenters. The lowest BCUT2D eigenvalue weighted by atomic mass is 10.0. The molecule has 1 aliphatic rings. The van der Waals surface area contributed by atoms with Crippen LogP contribution in [0.4, 0.5) is 0 Å². The molecule has 1 aliphatic heterocycles. The van der Waals surface area contributed by atoms with Crippen molar-refractivity contribution in [1.29, 1.82) is 0 Å². The maximum Gasteiger partial charge on any atom is 0.312 e. The Morgan fingerprint density at radius 2 is 2.06 bits per heavy atom. The first-order valence-electron chi connectivity index (χ1n) is 6.57. The number of aliphatic hydroxyl groups is 1. The van der Waals surface area contributed by atoms with Crippen molar-refractivity contribution < 1.29 is 19.1 Å². The first-order chi connectivity index (χ1) is 8.04. The molecule has 1 heterocycles. The van der Waals surface area contributed by atoms with Gasteiger partial charge in [-0.3, -0.25) is 4.79 Å². The van der Waals surface area contributed by atoms with Crippen LogP contribution < -0.4 is 0 Å². The van der Waals surface area contributed by atoms with Gasteiger partial charge in [-0.15, -0.1) is 0 Å². The normalized spacial score (nSPS) is 27.2. The molecule has 0 spiro atoms. The van der Waals surface area contributed by atoms with E-state index in [2.05, 4.69) is 33.9 Å². The Balaban J connectivity index is 2.50. The Labute approximate surface area is 111 Å². The molecule has 106 valence electrons. The van der Waals surface area contributed by atoms with Gasteiger partial charge in [0.1, 0.15) is 6.10 Å². The zero-order valence-corrected chi connectivity index (χ0v) is 13.3. The van der Waals surface area contributed by atoms with Crippen LogP contribution in [0, 0.1) is 5.92 Å². The van der Waals surface area contributed by atoms with E-state index in [0.717, 1.165) is 0 Å². The summed E-state index contributed by atoms with van der Waals surface area (Å²) >= 11 is 0. The molecular formula is C13H26O4Si. The maximum absolute atomic E-state index is 11.5. The van der Waals surface area contributed by atoms with Gasteiger partial charge in [-0.1, -0.05) is 20.8 Å². The number of esters is 1. The summed E-state index contributed by atoms with van der Waals surface area (Å²) in [6.45, 7) is 13.0. The van der Waals surface area contributed by atoms with Gasteiger partial charge >= 0.3 is 5.97 Å². The molecule has 0 unspecified atom stereocenters. The average molecular weight is 274 g/mol. The molecule has 0 aliphatic carbocycles. The van der Waals surface area contributed by atoms with Crippen molar-refractivity contribution in [1.82, 2.24) is 0 Å². The number of hydrogen-bond donors (Lipinski definition) is 1. The minimum Gasteiger partial charge on any atom is -0.460 e. The topological polar surface area (TPSA) is 55.8 Å². The van der Waals surface area contributed by atoms with Gasteiger partial charge in [0.05, 0.1) is 18.6 Å². The van der Waals surface area contributed by atoms with Gasteiger partial charge in [-0.05, 0) is 25.1 Å². The molecule has 4 nitrogen and oxygen atoms in total. The lowest BCUT2D eigenvalue weighted by Crippen LogP contribution is -2.42. The molecule has 0 saturated carbocycles. The monoisotopic (exact) mass is 274 g/mol. The van der Waals surface area contributed by atoms with Crippen LogP contribution >= 0.6 is 0 Å². The Kier molecular flexibility index (Phi) is 4.62. The number of cyclic esters (lactones) is 1. The number of rotatable bonds is 4. The van der Waals surface area contributed by atoms with Gasteiger partial charge in [-0.25, -0.2) is 0 Å². The van der Waals surface area contributed by atoms with E-state index in [1.165, 1.54) is 0 Å². The molecule has 0 radical (unpaired) electrons. The highest BCUT2D eigenvalue weighted by Gasteiger charge is 2.41. The second kappa shape index (κ2) is 5.31. The van der Waals surface area contributed by atoms with Crippen molar-refractivity contribution in [2.45, 2.75) is 64.5 Å². The molecule has 0 aromatic rings. The van der Waals surface area contributed by atoms with Crippen LogP contribution in [0.1, 0.15) is 34.1 Å². The molecule has 0 aromatic heterocycles. The SMILES string of the molecule is C[C@H](O)[C@H]1C[C@@H](CO[Si](C)(C)C(C)(C)C)OC1=O. The highest BCUT2D eigenvalue weighted by molar-refractivity contribution is 6.74. The molecule has 1 fully saturated rings. The van der Waals surface area contributed by atoms with Crippen molar-refractivity contribution >= 4 is 14.3 Å². The van der Waals surface area contributed by atoms with Gasteiger partial charge in [0, 0.05) is 6.42 Å². The van der Waals surface area contributed by atoms with E-state index in [9.17, 15) is 9.90 Å². The third-order valence-corrected chi connectivity index (χ3v) is 8.62. The van der Waals surface area contributed by atoms with Crippen LogP contribution in [0.25, 0.3) is 0 Å². The number of aliphatic hydroxyl groups excluding tert-OH is 1. The van der Waals surface area contributed by atoms with Crippen LogP contribution in [0.3, 0.4) is 0 Å². The predicted molar refractivity (Wildman–Crippen MR) is 72.8 cm³/mol. The fraction of sp³-hybridized carbons (Fsp3) is 0.923. The highest BCUT2D eigenvalue weighted by Crippen LogP contribution is 2.37. The van der Waals surface area contributed by atoms with Crippen molar-refractivity contribution in [2.75, 3.05) is 6.61 Å². The van der Waals surface area contributed by atoms with Gasteiger partial charge in [0.2, 0.25) is 0 Å². The van der Waals surface area contributed by atoms with E-state index in [1.54, 1.807) is 6.92 Å². The summed E-state index contributed by atoms with van der Waals surface area (Å²) in [6, 6.07) is 0. The zero-order chi connectivity index (χ0) is 14.1. The first kappa shape index (κ1) is 15.7. The second-order valence-electron chi connectivity index (χ2n) is 6.71. The predicted octanol–water partition coefficient (Wildman–Crippen LogP) is 2.32. The average Bonchev–Trinajstić information content (AvgIpc) is 2.55. The Bertz CT molecular complexity index is 307. The summed E-state index contributed by atoms with van der Waals surface area (Å²) in [5.41, 5.74) is 0. The fourth-order valence-electron chi connectivity index (χ4n) is 1.69. The van der Waals surface area contributed by atoms with Gasteiger partial charge in [0.15, 0.2) is 8.32 Å². The quantitative estimate of drug-likeness (QED) is 0.631. The van der Waals surface area contributed by atoms with E-state index >= 15 is 0 Å². The van der Waals surface area contributed by atoms with Crippen molar-refractivity contribution in [2.24, 2.45) is 5.92 Å². The first-order valence-corrected chi connectivity index (χ1v) is 9.48. The summed E-state index contributed by atoms with van der Waals surface area (Å²) in [4.78, 5) is 11.5. The standard InChI is InChI=1S/C13H26O4Si/c1-9(14)11-7-10(17-12(11)15)8-16-18(5,6)13(2,3)4/h9-11,14H,7-8H2,1-6H3/t9-,10-,11+/m0/s1. The van der Waals surface area contributed by atoms with Crippen LogP contribution in [0.5, 0.6) is 0 Å². The second-order valence-corrected chi connectivity index (χ2v) is 11.5. The molecule has 1 rings (SSSR count). The van der Waals surface area contributed by atoms with E-state index in [0.29, 0.717) is 13.0 Å². The molecular weight excluding hydrogens is 248 g/mol. The third kappa shape index (κ3) is 3.55. The summed E-state index contributed by atoms with van der Waals surface area (Å²) < 4.78 is 11.3. The number of carbonyl (C=O) groups excluding carboxylic acids is 1. The van der Waals surface area contributed by atoms with E-state index in [1.807, 2.05) is 0 Å². The molecule has 1 N–H and O–H groups in total. The van der Waals surface area contributed by atoms with Crippen LogP contribution in [0.15, 0.2) is 0 Å². The van der Waals surface area contributed by atoms with Crippen LogP contribution in [0.2, 0.25) is 18.1 Å². The fourth-order valence-corrected chi connectivity index (χ4v) is 2.73. The third-order valence-electron chi connectivity index (χ3n) is 4.12. The van der Waals surface area contributed by atoms with Gasteiger partial charge in [0.25, 0.3) is 0 Å². The number of ether oxygens (including phenoxy) is 1. The molecule has 0 aromatic carbocycles.